The van der Waals surface area contributed by atoms with Crippen molar-refractivity contribution in [3.8, 4) is 0 Å². The van der Waals surface area contributed by atoms with Gasteiger partial charge in [0.1, 0.15) is 5.82 Å². The summed E-state index contributed by atoms with van der Waals surface area (Å²) in [6.45, 7) is 1.77. The summed E-state index contributed by atoms with van der Waals surface area (Å²) in [4.78, 5) is 0. The molecular weight excluding hydrogens is 267 g/mol. The first kappa shape index (κ1) is 14.4. The van der Waals surface area contributed by atoms with E-state index in [1.54, 1.807) is 19.2 Å². The van der Waals surface area contributed by atoms with Gasteiger partial charge in [-0.05, 0) is 43.6 Å². The minimum atomic E-state index is -3.27. The summed E-state index contributed by atoms with van der Waals surface area (Å²) >= 11 is 0. The largest absolute Gasteiger partial charge is 0.317 e. The van der Waals surface area contributed by atoms with E-state index in [2.05, 4.69) is 5.32 Å². The highest BCUT2D eigenvalue weighted by atomic mass is 32.2. The lowest BCUT2D eigenvalue weighted by atomic mass is 10.2. The van der Waals surface area contributed by atoms with E-state index in [1.807, 2.05) is 0 Å². The van der Waals surface area contributed by atoms with Crippen LogP contribution in [0, 0.1) is 5.82 Å². The van der Waals surface area contributed by atoms with Gasteiger partial charge in [0.2, 0.25) is 10.0 Å². The highest BCUT2D eigenvalue weighted by Crippen LogP contribution is 2.18. The molecule has 0 bridgehead atoms. The summed E-state index contributed by atoms with van der Waals surface area (Å²) in [5.74, 6) is -0.312. The molecule has 1 fully saturated rings. The van der Waals surface area contributed by atoms with Crippen LogP contribution in [0.15, 0.2) is 24.3 Å². The van der Waals surface area contributed by atoms with Gasteiger partial charge in [-0.1, -0.05) is 12.1 Å². The third-order valence-electron chi connectivity index (χ3n) is 3.46. The molecule has 1 aromatic rings. The fourth-order valence-corrected chi connectivity index (χ4v) is 3.95. The molecule has 1 heterocycles. The molecule has 0 unspecified atom stereocenters. The monoisotopic (exact) mass is 286 g/mol. The van der Waals surface area contributed by atoms with Crippen LogP contribution in [0.5, 0.6) is 0 Å². The molecule has 106 valence electrons. The maximum absolute atomic E-state index is 12.8. The van der Waals surface area contributed by atoms with Gasteiger partial charge in [0, 0.05) is 13.6 Å². The smallest absolute Gasteiger partial charge is 0.217 e. The van der Waals surface area contributed by atoms with Crippen molar-refractivity contribution in [2.45, 2.75) is 24.6 Å². The fraction of sp³-hybridized carbons (Fsp3) is 0.538. The van der Waals surface area contributed by atoms with Crippen molar-refractivity contribution in [3.63, 3.8) is 0 Å². The van der Waals surface area contributed by atoms with Gasteiger partial charge in [-0.15, -0.1) is 0 Å². The molecule has 1 saturated heterocycles. The summed E-state index contributed by atoms with van der Waals surface area (Å²) in [5.41, 5.74) is 0.793. The Morgan fingerprint density at radius 3 is 2.42 bits per heavy atom. The molecule has 2 rings (SSSR count). The van der Waals surface area contributed by atoms with E-state index in [9.17, 15) is 12.8 Å². The van der Waals surface area contributed by atoms with Gasteiger partial charge in [-0.25, -0.2) is 17.1 Å². The Kier molecular flexibility index (Phi) is 4.54. The molecule has 0 radical (unpaired) electrons. The Bertz CT molecular complexity index is 510. The average Bonchev–Trinajstić information content (AvgIpc) is 2.42. The molecule has 0 spiro atoms. The molecule has 0 saturated carbocycles. The lowest BCUT2D eigenvalue weighted by Crippen LogP contribution is -2.42. The standard InChI is InChI=1S/C13H19FN2O2S/c1-16(10-11-2-4-12(14)5-3-11)19(17,18)13-6-8-15-9-7-13/h2-5,13,15H,6-10H2,1H3. The predicted octanol–water partition coefficient (Wildman–Crippen LogP) is 1.34. The van der Waals surface area contributed by atoms with Crippen LogP contribution in [0.25, 0.3) is 0 Å². The second-order valence-electron chi connectivity index (χ2n) is 4.88. The van der Waals surface area contributed by atoms with Crippen molar-refractivity contribution in [1.82, 2.24) is 9.62 Å². The van der Waals surface area contributed by atoms with Gasteiger partial charge in [0.25, 0.3) is 0 Å². The summed E-state index contributed by atoms with van der Waals surface area (Å²) in [6, 6.07) is 5.92. The van der Waals surface area contributed by atoms with Gasteiger partial charge in [0.05, 0.1) is 5.25 Å². The summed E-state index contributed by atoms with van der Waals surface area (Å²) < 4.78 is 38.9. The van der Waals surface area contributed by atoms with Crippen LogP contribution in [0.2, 0.25) is 0 Å². The first-order chi connectivity index (χ1) is 9.00. The van der Waals surface area contributed by atoms with Crippen LogP contribution in [0.1, 0.15) is 18.4 Å². The first-order valence-electron chi connectivity index (χ1n) is 6.40. The van der Waals surface area contributed by atoms with Gasteiger partial charge in [-0.3, -0.25) is 0 Å². The molecule has 0 aromatic heterocycles. The zero-order valence-electron chi connectivity index (χ0n) is 11.0. The number of nitrogens with zero attached hydrogens (tertiary/aromatic N) is 1. The van der Waals surface area contributed by atoms with Crippen LogP contribution in [0.4, 0.5) is 4.39 Å². The Labute approximate surface area is 113 Å². The van der Waals surface area contributed by atoms with Gasteiger partial charge >= 0.3 is 0 Å². The number of nitrogens with one attached hydrogen (secondary N) is 1. The van der Waals surface area contributed by atoms with Crippen molar-refractivity contribution in [2.75, 3.05) is 20.1 Å². The molecule has 19 heavy (non-hydrogen) atoms. The number of hydrogen-bond donors (Lipinski definition) is 1. The second-order valence-corrected chi connectivity index (χ2v) is 7.20. The normalized spacial score (nSPS) is 17.8. The van der Waals surface area contributed by atoms with Gasteiger partial charge in [0.15, 0.2) is 0 Å². The molecule has 0 aliphatic carbocycles. The molecule has 0 amide bonds. The lowest BCUT2D eigenvalue weighted by molar-refractivity contribution is 0.428. The molecule has 1 aromatic carbocycles. The quantitative estimate of drug-likeness (QED) is 0.908. The van der Waals surface area contributed by atoms with E-state index in [0.29, 0.717) is 12.8 Å². The third kappa shape index (κ3) is 3.52. The minimum Gasteiger partial charge on any atom is -0.317 e. The van der Waals surface area contributed by atoms with Crippen molar-refractivity contribution in [2.24, 2.45) is 0 Å². The van der Waals surface area contributed by atoms with E-state index in [0.717, 1.165) is 18.7 Å². The Hall–Kier alpha value is -0.980. The maximum atomic E-state index is 12.8. The topological polar surface area (TPSA) is 49.4 Å². The van der Waals surface area contributed by atoms with Gasteiger partial charge in [-0.2, -0.15) is 0 Å². The predicted molar refractivity (Wildman–Crippen MR) is 72.7 cm³/mol. The van der Waals surface area contributed by atoms with Crippen LogP contribution in [-0.4, -0.2) is 38.1 Å². The Morgan fingerprint density at radius 1 is 1.26 bits per heavy atom. The zero-order chi connectivity index (χ0) is 13.9. The molecule has 1 N–H and O–H groups in total. The molecular formula is C13H19FN2O2S. The summed E-state index contributed by atoms with van der Waals surface area (Å²) in [7, 11) is -1.69. The van der Waals surface area contributed by atoms with Crippen LogP contribution >= 0.6 is 0 Å². The molecule has 0 atom stereocenters. The highest BCUT2D eigenvalue weighted by Gasteiger charge is 2.30. The lowest BCUT2D eigenvalue weighted by Gasteiger charge is -2.27. The maximum Gasteiger partial charge on any atom is 0.217 e. The highest BCUT2D eigenvalue weighted by molar-refractivity contribution is 7.89. The molecule has 1 aliphatic heterocycles. The summed E-state index contributed by atoms with van der Waals surface area (Å²) in [5, 5.41) is 2.85. The average molecular weight is 286 g/mol. The van der Waals surface area contributed by atoms with Gasteiger partial charge < -0.3 is 5.32 Å². The van der Waals surface area contributed by atoms with Crippen molar-refractivity contribution in [3.05, 3.63) is 35.6 Å². The number of piperidine rings is 1. The number of halogens is 1. The Balaban J connectivity index is 2.05. The first-order valence-corrected chi connectivity index (χ1v) is 7.91. The van der Waals surface area contributed by atoms with E-state index in [1.165, 1.54) is 16.4 Å². The van der Waals surface area contributed by atoms with Crippen molar-refractivity contribution >= 4 is 10.0 Å². The Morgan fingerprint density at radius 2 is 1.84 bits per heavy atom. The van der Waals surface area contributed by atoms with Crippen LogP contribution in [0.3, 0.4) is 0 Å². The number of hydrogen-bond acceptors (Lipinski definition) is 3. The number of benzene rings is 1. The van der Waals surface area contributed by atoms with Crippen LogP contribution < -0.4 is 5.32 Å². The summed E-state index contributed by atoms with van der Waals surface area (Å²) in [6.07, 6.45) is 1.30. The van der Waals surface area contributed by atoms with Crippen molar-refractivity contribution < 1.29 is 12.8 Å². The van der Waals surface area contributed by atoms with Crippen molar-refractivity contribution in [1.29, 1.82) is 0 Å². The fourth-order valence-electron chi connectivity index (χ4n) is 2.28. The number of sulfonamides is 1. The molecule has 1 aliphatic rings. The zero-order valence-corrected chi connectivity index (χ0v) is 11.8. The van der Waals surface area contributed by atoms with E-state index in [-0.39, 0.29) is 17.6 Å². The van der Waals surface area contributed by atoms with Crippen LogP contribution in [-0.2, 0) is 16.6 Å². The number of rotatable bonds is 4. The van der Waals surface area contributed by atoms with E-state index < -0.39 is 10.0 Å². The second kappa shape index (κ2) is 5.98. The molecule has 4 nitrogen and oxygen atoms in total. The molecule has 6 heteroatoms. The SMILES string of the molecule is CN(Cc1ccc(F)cc1)S(=O)(=O)C1CCNCC1. The van der Waals surface area contributed by atoms with E-state index >= 15 is 0 Å². The third-order valence-corrected chi connectivity index (χ3v) is 5.77. The minimum absolute atomic E-state index is 0.284. The van der Waals surface area contributed by atoms with E-state index in [4.69, 9.17) is 0 Å².